The summed E-state index contributed by atoms with van der Waals surface area (Å²) in [4.78, 5) is 14.4. The summed E-state index contributed by atoms with van der Waals surface area (Å²) in [6.07, 6.45) is -3.71. The second kappa shape index (κ2) is 5.13. The van der Waals surface area contributed by atoms with Gasteiger partial charge in [0.15, 0.2) is 0 Å². The molecule has 1 aromatic heterocycles. The number of likely N-dealkylation sites (tertiary alicyclic amines) is 1. The van der Waals surface area contributed by atoms with Crippen molar-refractivity contribution in [2.75, 3.05) is 13.1 Å². The van der Waals surface area contributed by atoms with Gasteiger partial charge in [0.25, 0.3) is 5.91 Å². The lowest BCUT2D eigenvalue weighted by atomic mass is 9.97. The molecular formula is C11H12F3NOS2. The van der Waals surface area contributed by atoms with Crippen molar-refractivity contribution in [1.82, 2.24) is 4.90 Å². The number of rotatable bonds is 1. The molecule has 1 atom stereocenters. The van der Waals surface area contributed by atoms with Crippen LogP contribution in [-0.2, 0) is 0 Å². The molecule has 1 aromatic rings. The van der Waals surface area contributed by atoms with Crippen LogP contribution in [-0.4, -0.2) is 30.1 Å². The highest BCUT2D eigenvalue weighted by Gasteiger charge is 2.42. The van der Waals surface area contributed by atoms with E-state index >= 15 is 0 Å². The van der Waals surface area contributed by atoms with Crippen LogP contribution >= 0.6 is 24.0 Å². The maximum atomic E-state index is 12.6. The summed E-state index contributed by atoms with van der Waals surface area (Å²) in [6.45, 7) is 0.160. The van der Waals surface area contributed by atoms with Crippen LogP contribution in [0.3, 0.4) is 0 Å². The van der Waals surface area contributed by atoms with Crippen molar-refractivity contribution in [3.63, 3.8) is 0 Å². The van der Waals surface area contributed by atoms with Gasteiger partial charge in [0.1, 0.15) is 0 Å². The average molecular weight is 295 g/mol. The van der Waals surface area contributed by atoms with Crippen molar-refractivity contribution in [3.05, 3.63) is 16.3 Å². The molecular weight excluding hydrogens is 283 g/mol. The van der Waals surface area contributed by atoms with Crippen LogP contribution in [0.25, 0.3) is 0 Å². The molecule has 0 bridgehead atoms. The summed E-state index contributed by atoms with van der Waals surface area (Å²) >= 11 is 5.30. The highest BCUT2D eigenvalue weighted by atomic mass is 32.1. The molecule has 100 valence electrons. The van der Waals surface area contributed by atoms with E-state index in [1.54, 1.807) is 11.4 Å². The lowest BCUT2D eigenvalue weighted by Crippen LogP contribution is -2.44. The van der Waals surface area contributed by atoms with Crippen LogP contribution in [0.15, 0.2) is 16.3 Å². The van der Waals surface area contributed by atoms with E-state index in [1.165, 1.54) is 16.2 Å². The molecule has 0 saturated carbocycles. The molecule has 0 aliphatic carbocycles. The smallest absolute Gasteiger partial charge is 0.337 e. The molecule has 1 unspecified atom stereocenters. The molecule has 1 amide bonds. The van der Waals surface area contributed by atoms with E-state index in [0.29, 0.717) is 22.7 Å². The van der Waals surface area contributed by atoms with Crippen molar-refractivity contribution < 1.29 is 18.0 Å². The standard InChI is InChI=1S/C11H12F3NOS2/c12-11(13,14)7-2-1-3-15(5-7)10(16)9-4-8(17)6-18-9/h4,6-7,17H,1-3,5H2. The van der Waals surface area contributed by atoms with Gasteiger partial charge in [-0.2, -0.15) is 13.2 Å². The fourth-order valence-electron chi connectivity index (χ4n) is 2.02. The van der Waals surface area contributed by atoms with Crippen LogP contribution in [0, 0.1) is 5.92 Å². The monoisotopic (exact) mass is 295 g/mol. The quantitative estimate of drug-likeness (QED) is 0.787. The number of alkyl halides is 3. The number of carbonyl (C=O) groups is 1. The molecule has 2 heterocycles. The van der Waals surface area contributed by atoms with E-state index in [0.717, 1.165) is 0 Å². The third-order valence-electron chi connectivity index (χ3n) is 2.97. The summed E-state index contributed by atoms with van der Waals surface area (Å²) < 4.78 is 37.9. The number of carbonyl (C=O) groups excluding carboxylic acids is 1. The third kappa shape index (κ3) is 3.00. The van der Waals surface area contributed by atoms with Gasteiger partial charge in [-0.1, -0.05) is 0 Å². The van der Waals surface area contributed by atoms with Gasteiger partial charge in [-0.15, -0.1) is 24.0 Å². The number of nitrogens with zero attached hydrogens (tertiary/aromatic N) is 1. The van der Waals surface area contributed by atoms with Crippen molar-refractivity contribution in [3.8, 4) is 0 Å². The number of thiophene rings is 1. The van der Waals surface area contributed by atoms with Gasteiger partial charge in [-0.3, -0.25) is 4.79 Å². The Morgan fingerprint density at radius 2 is 2.22 bits per heavy atom. The summed E-state index contributed by atoms with van der Waals surface area (Å²) in [7, 11) is 0. The summed E-state index contributed by atoms with van der Waals surface area (Å²) in [5.74, 6) is -1.72. The molecule has 1 fully saturated rings. The minimum atomic E-state index is -4.22. The lowest BCUT2D eigenvalue weighted by molar-refractivity contribution is -0.184. The Morgan fingerprint density at radius 1 is 1.50 bits per heavy atom. The van der Waals surface area contributed by atoms with Gasteiger partial charge in [-0.25, -0.2) is 0 Å². The number of halogens is 3. The predicted octanol–water partition coefficient (Wildman–Crippen LogP) is 3.45. The van der Waals surface area contributed by atoms with E-state index in [-0.39, 0.29) is 18.9 Å². The molecule has 1 aliphatic heterocycles. The van der Waals surface area contributed by atoms with E-state index in [9.17, 15) is 18.0 Å². The van der Waals surface area contributed by atoms with Crippen LogP contribution in [0.4, 0.5) is 13.2 Å². The number of hydrogen-bond acceptors (Lipinski definition) is 3. The second-order valence-electron chi connectivity index (χ2n) is 4.30. The second-order valence-corrected chi connectivity index (χ2v) is 5.73. The van der Waals surface area contributed by atoms with E-state index in [4.69, 9.17) is 0 Å². The first kappa shape index (κ1) is 13.7. The predicted molar refractivity (Wildman–Crippen MR) is 66.3 cm³/mol. The van der Waals surface area contributed by atoms with Crippen molar-refractivity contribution in [2.45, 2.75) is 23.9 Å². The Balaban J connectivity index is 2.07. The van der Waals surface area contributed by atoms with E-state index in [1.807, 2.05) is 0 Å². The Labute approximate surface area is 112 Å². The number of hydrogen-bond donors (Lipinski definition) is 1. The molecule has 2 rings (SSSR count). The van der Waals surface area contributed by atoms with Crippen molar-refractivity contribution in [1.29, 1.82) is 0 Å². The highest BCUT2D eigenvalue weighted by Crippen LogP contribution is 2.34. The Hall–Kier alpha value is -0.690. The van der Waals surface area contributed by atoms with Crippen LogP contribution in [0.5, 0.6) is 0 Å². The largest absolute Gasteiger partial charge is 0.393 e. The van der Waals surface area contributed by atoms with Gasteiger partial charge < -0.3 is 4.90 Å². The lowest BCUT2D eigenvalue weighted by Gasteiger charge is -2.33. The molecule has 2 nitrogen and oxygen atoms in total. The summed E-state index contributed by atoms with van der Waals surface area (Å²) in [5.41, 5.74) is 0. The molecule has 0 aromatic carbocycles. The molecule has 0 spiro atoms. The number of amides is 1. The fraction of sp³-hybridized carbons (Fsp3) is 0.545. The van der Waals surface area contributed by atoms with Crippen molar-refractivity contribution in [2.24, 2.45) is 5.92 Å². The van der Waals surface area contributed by atoms with Gasteiger partial charge in [-0.05, 0) is 18.9 Å². The zero-order valence-electron chi connectivity index (χ0n) is 9.41. The highest BCUT2D eigenvalue weighted by molar-refractivity contribution is 7.80. The average Bonchev–Trinajstić information content (AvgIpc) is 2.74. The normalized spacial score (nSPS) is 21.1. The Morgan fingerprint density at radius 3 is 2.78 bits per heavy atom. The first-order chi connectivity index (χ1) is 8.38. The zero-order chi connectivity index (χ0) is 13.3. The number of piperidine rings is 1. The van der Waals surface area contributed by atoms with E-state index < -0.39 is 12.1 Å². The van der Waals surface area contributed by atoms with Crippen LogP contribution in [0.1, 0.15) is 22.5 Å². The molecule has 7 heteroatoms. The Bertz CT molecular complexity index is 444. The maximum absolute atomic E-state index is 12.6. The molecule has 0 radical (unpaired) electrons. The van der Waals surface area contributed by atoms with Gasteiger partial charge >= 0.3 is 6.18 Å². The Kier molecular flexibility index (Phi) is 3.91. The van der Waals surface area contributed by atoms with E-state index in [2.05, 4.69) is 12.6 Å². The third-order valence-corrected chi connectivity index (χ3v) is 4.32. The summed E-state index contributed by atoms with van der Waals surface area (Å²) in [5, 5.41) is 1.70. The first-order valence-electron chi connectivity index (χ1n) is 5.51. The molecule has 18 heavy (non-hydrogen) atoms. The van der Waals surface area contributed by atoms with Crippen molar-refractivity contribution >= 4 is 29.9 Å². The van der Waals surface area contributed by atoms with Gasteiger partial charge in [0, 0.05) is 23.4 Å². The van der Waals surface area contributed by atoms with Gasteiger partial charge in [0.05, 0.1) is 10.8 Å². The van der Waals surface area contributed by atoms with Gasteiger partial charge in [0.2, 0.25) is 0 Å². The number of thiol groups is 1. The zero-order valence-corrected chi connectivity index (χ0v) is 11.1. The minimum Gasteiger partial charge on any atom is -0.337 e. The van der Waals surface area contributed by atoms with Crippen LogP contribution < -0.4 is 0 Å². The first-order valence-corrected chi connectivity index (χ1v) is 6.84. The molecule has 1 saturated heterocycles. The topological polar surface area (TPSA) is 20.3 Å². The summed E-state index contributed by atoms with van der Waals surface area (Å²) in [6, 6.07) is 1.59. The molecule has 0 N–H and O–H groups in total. The van der Waals surface area contributed by atoms with Crippen LogP contribution in [0.2, 0.25) is 0 Å². The SMILES string of the molecule is O=C(c1cc(S)cs1)N1CCCC(C(F)(F)F)C1. The molecule has 1 aliphatic rings. The fourth-order valence-corrected chi connectivity index (χ4v) is 3.14. The maximum Gasteiger partial charge on any atom is 0.393 e. The minimum absolute atomic E-state index is 0.107.